The van der Waals surface area contributed by atoms with Gasteiger partial charge in [-0.1, -0.05) is 23.8 Å². The van der Waals surface area contributed by atoms with Gasteiger partial charge in [0.1, 0.15) is 4.99 Å². The minimum Gasteiger partial charge on any atom is -0.389 e. The molecule has 0 saturated heterocycles. The molecule has 0 radical (unpaired) electrons. The predicted octanol–water partition coefficient (Wildman–Crippen LogP) is 1.94. The minimum absolute atomic E-state index is 0.0149. The summed E-state index contributed by atoms with van der Waals surface area (Å²) in [4.78, 5) is 13.8. The topological polar surface area (TPSA) is 58.4 Å². The second-order valence-electron chi connectivity index (χ2n) is 4.00. The van der Waals surface area contributed by atoms with E-state index in [1.807, 2.05) is 24.8 Å². The molecular weight excluding hydrogens is 282 g/mol. The van der Waals surface area contributed by atoms with Crippen molar-refractivity contribution in [2.75, 3.05) is 24.5 Å². The lowest BCUT2D eigenvalue weighted by molar-refractivity contribution is -0.119. The molecule has 0 bridgehead atoms. The molecule has 0 aliphatic heterocycles. The third-order valence-corrected chi connectivity index (χ3v) is 3.21. The number of thiocarbonyl (C=S) groups is 1. The largest absolute Gasteiger partial charge is 0.389 e. The highest BCUT2D eigenvalue weighted by atomic mass is 35.5. The third-order valence-electron chi connectivity index (χ3n) is 2.67. The van der Waals surface area contributed by atoms with Gasteiger partial charge >= 0.3 is 0 Å². The Morgan fingerprint density at radius 1 is 1.47 bits per heavy atom. The van der Waals surface area contributed by atoms with Gasteiger partial charge in [-0.15, -0.1) is 0 Å². The maximum Gasteiger partial charge on any atom is 0.239 e. The first kappa shape index (κ1) is 15.7. The van der Waals surface area contributed by atoms with Gasteiger partial charge < -0.3 is 16.0 Å². The van der Waals surface area contributed by atoms with Crippen molar-refractivity contribution in [3.05, 3.63) is 28.8 Å². The van der Waals surface area contributed by atoms with E-state index in [1.54, 1.807) is 12.1 Å². The number of hydrogen-bond acceptors (Lipinski definition) is 3. The maximum absolute atomic E-state index is 11.6. The number of hydrogen-bond donors (Lipinski definition) is 2. The predicted molar refractivity (Wildman–Crippen MR) is 83.9 cm³/mol. The molecule has 104 valence electrons. The van der Waals surface area contributed by atoms with Crippen LogP contribution in [0.5, 0.6) is 0 Å². The Morgan fingerprint density at radius 3 is 2.63 bits per heavy atom. The Labute approximate surface area is 123 Å². The van der Waals surface area contributed by atoms with Gasteiger partial charge in [-0.3, -0.25) is 4.79 Å². The van der Waals surface area contributed by atoms with E-state index in [2.05, 4.69) is 5.32 Å². The molecule has 0 spiro atoms. The van der Waals surface area contributed by atoms with E-state index in [-0.39, 0.29) is 10.9 Å². The number of carbonyl (C=O) groups is 1. The van der Waals surface area contributed by atoms with Crippen molar-refractivity contribution >= 4 is 40.4 Å². The molecule has 19 heavy (non-hydrogen) atoms. The Hall–Kier alpha value is -1.33. The van der Waals surface area contributed by atoms with E-state index in [0.717, 1.165) is 5.69 Å². The number of carbonyl (C=O) groups excluding carboxylic acids is 1. The second-order valence-corrected chi connectivity index (χ2v) is 4.84. The van der Waals surface area contributed by atoms with E-state index in [0.29, 0.717) is 30.2 Å². The molecule has 0 aliphatic rings. The van der Waals surface area contributed by atoms with Crippen molar-refractivity contribution in [3.8, 4) is 0 Å². The highest BCUT2D eigenvalue weighted by molar-refractivity contribution is 7.80. The van der Waals surface area contributed by atoms with Crippen LogP contribution in [0.4, 0.5) is 5.69 Å². The fourth-order valence-electron chi connectivity index (χ4n) is 1.71. The van der Waals surface area contributed by atoms with Crippen molar-refractivity contribution in [3.63, 3.8) is 0 Å². The summed E-state index contributed by atoms with van der Waals surface area (Å²) in [6.45, 7) is 5.50. The number of benzene rings is 1. The first-order valence-corrected chi connectivity index (χ1v) is 6.89. The molecule has 1 amide bonds. The maximum atomic E-state index is 11.6. The average Bonchev–Trinajstić information content (AvgIpc) is 2.35. The Balaban J connectivity index is 2.90. The summed E-state index contributed by atoms with van der Waals surface area (Å²) >= 11 is 11.0. The molecular formula is C13H18ClN3OS. The Kier molecular flexibility index (Phi) is 6.05. The van der Waals surface area contributed by atoms with Crippen molar-refractivity contribution < 1.29 is 4.79 Å². The Bertz CT molecular complexity index is 479. The highest BCUT2D eigenvalue weighted by Gasteiger charge is 2.11. The number of nitrogens with two attached hydrogens (primary N) is 1. The summed E-state index contributed by atoms with van der Waals surface area (Å²) in [6, 6.07) is 5.42. The number of likely N-dealkylation sites (N-methyl/N-ethyl adjacent to an activating group) is 2. The summed E-state index contributed by atoms with van der Waals surface area (Å²) in [5, 5.41) is 3.27. The van der Waals surface area contributed by atoms with Crippen LogP contribution in [0.1, 0.15) is 19.4 Å². The molecule has 1 rings (SSSR count). The normalized spacial score (nSPS) is 10.1. The van der Waals surface area contributed by atoms with Crippen LogP contribution >= 0.6 is 23.8 Å². The fourth-order valence-corrected chi connectivity index (χ4v) is 2.22. The first-order chi connectivity index (χ1) is 8.99. The van der Waals surface area contributed by atoms with Crippen LogP contribution in [0.25, 0.3) is 0 Å². The second kappa shape index (κ2) is 7.31. The highest BCUT2D eigenvalue weighted by Crippen LogP contribution is 2.23. The van der Waals surface area contributed by atoms with Gasteiger partial charge in [-0.05, 0) is 32.0 Å². The van der Waals surface area contributed by atoms with Gasteiger partial charge in [0.15, 0.2) is 0 Å². The van der Waals surface area contributed by atoms with E-state index in [1.165, 1.54) is 0 Å². The van der Waals surface area contributed by atoms with Gasteiger partial charge in [0, 0.05) is 24.3 Å². The van der Waals surface area contributed by atoms with Gasteiger partial charge in [-0.2, -0.15) is 0 Å². The van der Waals surface area contributed by atoms with Crippen LogP contribution in [0, 0.1) is 0 Å². The lowest BCUT2D eigenvalue weighted by Crippen LogP contribution is -2.37. The number of rotatable bonds is 6. The molecule has 0 fully saturated rings. The van der Waals surface area contributed by atoms with E-state index in [9.17, 15) is 4.79 Å². The lowest BCUT2D eigenvalue weighted by Gasteiger charge is -2.23. The van der Waals surface area contributed by atoms with Crippen LogP contribution in [-0.4, -0.2) is 30.5 Å². The summed E-state index contributed by atoms with van der Waals surface area (Å²) in [5.41, 5.74) is 7.08. The average molecular weight is 300 g/mol. The molecule has 1 aromatic carbocycles. The van der Waals surface area contributed by atoms with Gasteiger partial charge in [0.2, 0.25) is 5.91 Å². The van der Waals surface area contributed by atoms with Crippen molar-refractivity contribution in [2.24, 2.45) is 5.73 Å². The SMILES string of the molecule is CCNC(=O)CN(CC)c1ccc(C(N)=S)c(Cl)c1. The lowest BCUT2D eigenvalue weighted by atomic mass is 10.2. The first-order valence-electron chi connectivity index (χ1n) is 6.10. The zero-order valence-corrected chi connectivity index (χ0v) is 12.6. The molecule has 1 aromatic rings. The molecule has 0 saturated carbocycles. The van der Waals surface area contributed by atoms with E-state index < -0.39 is 0 Å². The molecule has 0 aromatic heterocycles. The molecule has 0 atom stereocenters. The minimum atomic E-state index is -0.0149. The quantitative estimate of drug-likeness (QED) is 0.788. The fraction of sp³-hybridized carbons (Fsp3) is 0.385. The third kappa shape index (κ3) is 4.36. The number of nitrogens with one attached hydrogen (secondary N) is 1. The van der Waals surface area contributed by atoms with Crippen LogP contribution in [0.2, 0.25) is 5.02 Å². The van der Waals surface area contributed by atoms with Crippen molar-refractivity contribution in [2.45, 2.75) is 13.8 Å². The van der Waals surface area contributed by atoms with Crippen LogP contribution in [0.3, 0.4) is 0 Å². The summed E-state index contributed by atoms with van der Waals surface area (Å²) in [7, 11) is 0. The van der Waals surface area contributed by atoms with Crippen LogP contribution in [0.15, 0.2) is 18.2 Å². The van der Waals surface area contributed by atoms with Crippen molar-refractivity contribution in [1.82, 2.24) is 5.32 Å². The number of anilines is 1. The monoisotopic (exact) mass is 299 g/mol. The number of nitrogens with zero attached hydrogens (tertiary/aromatic N) is 1. The van der Waals surface area contributed by atoms with E-state index in [4.69, 9.17) is 29.6 Å². The number of halogens is 1. The molecule has 0 heterocycles. The molecule has 3 N–H and O–H groups in total. The smallest absolute Gasteiger partial charge is 0.239 e. The molecule has 0 aliphatic carbocycles. The van der Waals surface area contributed by atoms with E-state index >= 15 is 0 Å². The van der Waals surface area contributed by atoms with Crippen molar-refractivity contribution in [1.29, 1.82) is 0 Å². The van der Waals surface area contributed by atoms with Gasteiger partial charge in [0.05, 0.1) is 11.6 Å². The summed E-state index contributed by atoms with van der Waals surface area (Å²) in [5.74, 6) is -0.0149. The molecule has 4 nitrogen and oxygen atoms in total. The van der Waals surface area contributed by atoms with Gasteiger partial charge in [0.25, 0.3) is 0 Å². The summed E-state index contributed by atoms with van der Waals surface area (Å²) < 4.78 is 0. The summed E-state index contributed by atoms with van der Waals surface area (Å²) in [6.07, 6.45) is 0. The zero-order valence-electron chi connectivity index (χ0n) is 11.1. The zero-order chi connectivity index (χ0) is 14.4. The van der Waals surface area contributed by atoms with Crippen LogP contribution in [-0.2, 0) is 4.79 Å². The molecule has 6 heteroatoms. The Morgan fingerprint density at radius 2 is 2.16 bits per heavy atom. The molecule has 0 unspecified atom stereocenters. The van der Waals surface area contributed by atoms with Crippen LogP contribution < -0.4 is 16.0 Å². The number of amides is 1. The van der Waals surface area contributed by atoms with Gasteiger partial charge in [-0.25, -0.2) is 0 Å². The standard InChI is InChI=1S/C13H18ClN3OS/c1-3-16-12(18)8-17(4-2)9-5-6-10(13(15)19)11(14)7-9/h5-7H,3-4,8H2,1-2H3,(H2,15,19)(H,16,18).